The van der Waals surface area contributed by atoms with Crippen molar-refractivity contribution in [3.63, 3.8) is 0 Å². The highest BCUT2D eigenvalue weighted by atomic mass is 15.1. The Morgan fingerprint density at radius 2 is 1.58 bits per heavy atom. The molecule has 0 saturated heterocycles. The second-order valence-electron chi connectivity index (χ2n) is 9.42. The maximum Gasteiger partial charge on any atom is 0.0366 e. The van der Waals surface area contributed by atoms with Gasteiger partial charge in [0, 0.05) is 18.8 Å². The Labute approximate surface area is 161 Å². The zero-order chi connectivity index (χ0) is 19.4. The molecule has 1 heteroatoms. The van der Waals surface area contributed by atoms with Crippen molar-refractivity contribution in [2.45, 2.75) is 61.3 Å². The molecule has 0 amide bonds. The van der Waals surface area contributed by atoms with Crippen LogP contribution in [0.3, 0.4) is 0 Å². The number of hydrogen-bond acceptors (Lipinski definition) is 1. The normalized spacial score (nSPS) is 19.0. The van der Waals surface area contributed by atoms with Crippen LogP contribution in [0.25, 0.3) is 6.08 Å². The van der Waals surface area contributed by atoms with Gasteiger partial charge in [-0.3, -0.25) is 0 Å². The van der Waals surface area contributed by atoms with Crippen LogP contribution in [0.2, 0.25) is 0 Å². The van der Waals surface area contributed by atoms with E-state index in [-0.39, 0.29) is 5.41 Å². The SMILES string of the molecule is CCN(CC)c1ccc(/C=C/C2=CC(=C/C(C)(C)C)/CC(C)(C)C2)cc1. The number of nitrogens with zero attached hydrogens (tertiary/aromatic N) is 1. The largest absolute Gasteiger partial charge is 0.372 e. The maximum absolute atomic E-state index is 2.43. The molecule has 2 rings (SSSR count). The predicted molar refractivity (Wildman–Crippen MR) is 118 cm³/mol. The second kappa shape index (κ2) is 8.29. The lowest BCUT2D eigenvalue weighted by molar-refractivity contribution is 0.352. The number of benzene rings is 1. The van der Waals surface area contributed by atoms with Crippen molar-refractivity contribution in [1.29, 1.82) is 0 Å². The summed E-state index contributed by atoms with van der Waals surface area (Å²) in [6.07, 6.45) is 11.7. The quantitative estimate of drug-likeness (QED) is 0.539. The van der Waals surface area contributed by atoms with E-state index in [0.717, 1.165) is 19.5 Å². The first kappa shape index (κ1) is 20.6. The van der Waals surface area contributed by atoms with Gasteiger partial charge in [-0.2, -0.15) is 0 Å². The van der Waals surface area contributed by atoms with Crippen molar-refractivity contribution in [3.8, 4) is 0 Å². The van der Waals surface area contributed by atoms with Crippen molar-refractivity contribution in [2.24, 2.45) is 10.8 Å². The van der Waals surface area contributed by atoms with Crippen LogP contribution >= 0.6 is 0 Å². The van der Waals surface area contributed by atoms with E-state index in [1.54, 1.807) is 0 Å². The zero-order valence-electron chi connectivity index (χ0n) is 17.9. The van der Waals surface area contributed by atoms with Gasteiger partial charge < -0.3 is 4.90 Å². The molecule has 0 heterocycles. The fraction of sp³-hybridized carbons (Fsp3) is 0.520. The number of anilines is 1. The molecule has 0 N–H and O–H groups in total. The van der Waals surface area contributed by atoms with E-state index >= 15 is 0 Å². The Hall–Kier alpha value is -1.76. The van der Waals surface area contributed by atoms with Gasteiger partial charge in [0.15, 0.2) is 0 Å². The van der Waals surface area contributed by atoms with Crippen LogP contribution in [-0.4, -0.2) is 13.1 Å². The first-order valence-corrected chi connectivity index (χ1v) is 10.1. The lowest BCUT2D eigenvalue weighted by atomic mass is 9.74. The van der Waals surface area contributed by atoms with E-state index in [4.69, 9.17) is 0 Å². The molecule has 0 aromatic heterocycles. The van der Waals surface area contributed by atoms with Crippen molar-refractivity contribution < 1.29 is 0 Å². The minimum atomic E-state index is 0.230. The van der Waals surface area contributed by atoms with Gasteiger partial charge in [0.05, 0.1) is 0 Å². The van der Waals surface area contributed by atoms with Crippen molar-refractivity contribution in [1.82, 2.24) is 0 Å². The molecule has 0 bridgehead atoms. The molecule has 0 atom stereocenters. The van der Waals surface area contributed by atoms with Gasteiger partial charge in [0.2, 0.25) is 0 Å². The fourth-order valence-electron chi connectivity index (χ4n) is 3.85. The highest BCUT2D eigenvalue weighted by Gasteiger charge is 2.25. The van der Waals surface area contributed by atoms with Gasteiger partial charge >= 0.3 is 0 Å². The molecular formula is C25H37N. The average Bonchev–Trinajstić information content (AvgIpc) is 2.52. The van der Waals surface area contributed by atoms with E-state index in [1.165, 1.54) is 28.8 Å². The fourth-order valence-corrected chi connectivity index (χ4v) is 3.85. The Bertz CT molecular complexity index is 674. The zero-order valence-corrected chi connectivity index (χ0v) is 17.9. The molecular weight excluding hydrogens is 314 g/mol. The van der Waals surface area contributed by atoms with E-state index in [1.807, 2.05) is 0 Å². The van der Waals surface area contributed by atoms with Gasteiger partial charge in [-0.05, 0) is 60.8 Å². The van der Waals surface area contributed by atoms with Crippen molar-refractivity contribution in [2.75, 3.05) is 18.0 Å². The van der Waals surface area contributed by atoms with Crippen molar-refractivity contribution in [3.05, 3.63) is 59.2 Å². The van der Waals surface area contributed by atoms with Gasteiger partial charge in [-0.1, -0.05) is 76.6 Å². The number of rotatable bonds is 5. The van der Waals surface area contributed by atoms with E-state index in [0.29, 0.717) is 5.41 Å². The molecule has 0 unspecified atom stereocenters. The molecule has 26 heavy (non-hydrogen) atoms. The molecule has 0 fully saturated rings. The minimum Gasteiger partial charge on any atom is -0.372 e. The molecule has 0 spiro atoms. The van der Waals surface area contributed by atoms with Crippen LogP contribution < -0.4 is 4.90 Å². The monoisotopic (exact) mass is 351 g/mol. The molecule has 1 aromatic carbocycles. The summed E-state index contributed by atoms with van der Waals surface area (Å²) >= 11 is 0. The smallest absolute Gasteiger partial charge is 0.0366 e. The second-order valence-corrected chi connectivity index (χ2v) is 9.42. The molecule has 0 saturated carbocycles. The van der Waals surface area contributed by atoms with E-state index < -0.39 is 0 Å². The molecule has 142 valence electrons. The first-order chi connectivity index (χ1) is 12.1. The standard InChI is InChI=1S/C25H37N/c1-8-26(9-2)23-14-12-20(13-15-23)10-11-21-16-22(17-24(3,4)5)19-25(6,7)18-21/h10-17H,8-9,18-19H2,1-7H3/b11-10+,22-17-. The van der Waals surface area contributed by atoms with E-state index in [2.05, 4.69) is 102 Å². The summed E-state index contributed by atoms with van der Waals surface area (Å²) in [6.45, 7) is 18.1. The van der Waals surface area contributed by atoms with E-state index in [9.17, 15) is 0 Å². The third-order valence-electron chi connectivity index (χ3n) is 4.87. The van der Waals surface area contributed by atoms with Crippen LogP contribution in [0.5, 0.6) is 0 Å². The van der Waals surface area contributed by atoms with Gasteiger partial charge in [-0.15, -0.1) is 0 Å². The summed E-state index contributed by atoms with van der Waals surface area (Å²) in [4.78, 5) is 2.38. The Morgan fingerprint density at radius 3 is 2.12 bits per heavy atom. The third-order valence-corrected chi connectivity index (χ3v) is 4.87. The van der Waals surface area contributed by atoms with Crippen LogP contribution in [0.1, 0.15) is 66.9 Å². The lowest BCUT2D eigenvalue weighted by Gasteiger charge is -2.31. The third kappa shape index (κ3) is 6.20. The van der Waals surface area contributed by atoms with Crippen molar-refractivity contribution >= 4 is 11.8 Å². The summed E-state index contributed by atoms with van der Waals surface area (Å²) in [6, 6.07) is 8.92. The summed E-state index contributed by atoms with van der Waals surface area (Å²) in [7, 11) is 0. The molecule has 1 aromatic rings. The number of allylic oxidation sites excluding steroid dienone is 5. The molecule has 1 aliphatic carbocycles. The first-order valence-electron chi connectivity index (χ1n) is 10.1. The minimum absolute atomic E-state index is 0.230. The van der Waals surface area contributed by atoms with Gasteiger partial charge in [0.1, 0.15) is 0 Å². The summed E-state index contributed by atoms with van der Waals surface area (Å²) in [5.74, 6) is 0. The predicted octanol–water partition coefficient (Wildman–Crippen LogP) is 7.26. The molecule has 0 aliphatic heterocycles. The lowest BCUT2D eigenvalue weighted by Crippen LogP contribution is -2.21. The van der Waals surface area contributed by atoms with Crippen LogP contribution in [0, 0.1) is 10.8 Å². The summed E-state index contributed by atoms with van der Waals surface area (Å²) < 4.78 is 0. The Balaban J connectivity index is 2.19. The van der Waals surface area contributed by atoms with Crippen LogP contribution in [0.4, 0.5) is 5.69 Å². The Kier molecular flexibility index (Phi) is 6.55. The topological polar surface area (TPSA) is 3.24 Å². The number of hydrogen-bond donors (Lipinski definition) is 0. The van der Waals surface area contributed by atoms with Gasteiger partial charge in [0.25, 0.3) is 0 Å². The molecule has 1 nitrogen and oxygen atoms in total. The molecule has 0 radical (unpaired) electrons. The summed E-state index contributed by atoms with van der Waals surface area (Å²) in [5.41, 5.74) is 6.05. The molecule has 1 aliphatic rings. The van der Waals surface area contributed by atoms with Crippen LogP contribution in [-0.2, 0) is 0 Å². The average molecular weight is 352 g/mol. The van der Waals surface area contributed by atoms with Gasteiger partial charge in [-0.25, -0.2) is 0 Å². The van der Waals surface area contributed by atoms with Crippen LogP contribution in [0.15, 0.2) is 53.6 Å². The summed E-state index contributed by atoms with van der Waals surface area (Å²) in [5, 5.41) is 0. The highest BCUT2D eigenvalue weighted by Crippen LogP contribution is 2.39. The highest BCUT2D eigenvalue weighted by molar-refractivity contribution is 5.58. The Morgan fingerprint density at radius 1 is 0.962 bits per heavy atom. The maximum atomic E-state index is 2.43.